The van der Waals surface area contributed by atoms with Crippen LogP contribution in [0.4, 0.5) is 5.13 Å². The van der Waals surface area contributed by atoms with Crippen LogP contribution in [0.2, 0.25) is 10.0 Å². The third-order valence-corrected chi connectivity index (χ3v) is 6.52. The second kappa shape index (κ2) is 9.94. The summed E-state index contributed by atoms with van der Waals surface area (Å²) in [6, 6.07) is 14.4. The van der Waals surface area contributed by atoms with Gasteiger partial charge in [0.15, 0.2) is 10.4 Å². The van der Waals surface area contributed by atoms with E-state index in [1.54, 1.807) is 37.3 Å². The van der Waals surface area contributed by atoms with E-state index >= 15 is 0 Å². The van der Waals surface area contributed by atoms with Crippen molar-refractivity contribution >= 4 is 57.3 Å². The van der Waals surface area contributed by atoms with Crippen molar-refractivity contribution in [3.63, 3.8) is 0 Å². The molecule has 1 unspecified atom stereocenters. The Morgan fingerprint density at radius 3 is 2.76 bits per heavy atom. The molecule has 0 aliphatic rings. The van der Waals surface area contributed by atoms with E-state index in [-0.39, 0.29) is 10.9 Å². The topological polar surface area (TPSA) is 87.9 Å². The Bertz CT molecular complexity index is 1050. The van der Waals surface area contributed by atoms with Crippen molar-refractivity contribution in [3.8, 4) is 11.8 Å². The first-order valence-corrected chi connectivity index (χ1v) is 10.9. The number of carbonyl (C=O) groups excluding carboxylic acids is 1. The summed E-state index contributed by atoms with van der Waals surface area (Å²) in [7, 11) is 0. The standard InChI is InChI=1S/C19H14Cl2N4O2S2/c1-11(27-15-4-2-3-14(20)16(15)21)17(26)23-18-24-25-19(29-18)28-10-13-7-5-12(9-22)6-8-13/h2-8,11H,10H2,1H3,(H,23,24,26). The molecule has 0 saturated heterocycles. The van der Waals surface area contributed by atoms with Crippen LogP contribution in [0.25, 0.3) is 0 Å². The molecule has 1 N–H and O–H groups in total. The zero-order valence-electron chi connectivity index (χ0n) is 15.1. The van der Waals surface area contributed by atoms with Crippen molar-refractivity contribution in [2.45, 2.75) is 23.1 Å². The summed E-state index contributed by atoms with van der Waals surface area (Å²) in [4.78, 5) is 12.4. The molecule has 148 valence electrons. The summed E-state index contributed by atoms with van der Waals surface area (Å²) >= 11 is 14.8. The SMILES string of the molecule is CC(Oc1cccc(Cl)c1Cl)C(=O)Nc1nnc(SCc2ccc(C#N)cc2)s1. The Kier molecular flexibility index (Phi) is 7.34. The zero-order chi connectivity index (χ0) is 20.8. The number of rotatable bonds is 7. The first-order chi connectivity index (χ1) is 14.0. The maximum atomic E-state index is 12.4. The van der Waals surface area contributed by atoms with E-state index in [1.807, 2.05) is 12.1 Å². The van der Waals surface area contributed by atoms with Crippen LogP contribution in [0.15, 0.2) is 46.8 Å². The highest BCUT2D eigenvalue weighted by molar-refractivity contribution is 8.00. The Morgan fingerprint density at radius 2 is 2.03 bits per heavy atom. The van der Waals surface area contributed by atoms with Gasteiger partial charge < -0.3 is 4.74 Å². The average molecular weight is 465 g/mol. The molecule has 1 aromatic heterocycles. The number of benzene rings is 2. The van der Waals surface area contributed by atoms with Crippen molar-refractivity contribution < 1.29 is 9.53 Å². The molecule has 0 aliphatic carbocycles. The van der Waals surface area contributed by atoms with Gasteiger partial charge in [0, 0.05) is 5.75 Å². The second-order valence-corrected chi connectivity index (χ2v) is 8.76. The fraction of sp³-hybridized carbons (Fsp3) is 0.158. The van der Waals surface area contributed by atoms with E-state index in [0.717, 1.165) is 9.90 Å². The average Bonchev–Trinajstić information content (AvgIpc) is 3.17. The molecule has 2 aromatic carbocycles. The number of thioether (sulfide) groups is 1. The molecule has 0 bridgehead atoms. The van der Waals surface area contributed by atoms with Crippen LogP contribution in [-0.4, -0.2) is 22.2 Å². The molecular weight excluding hydrogens is 451 g/mol. The number of ether oxygens (including phenoxy) is 1. The fourth-order valence-electron chi connectivity index (χ4n) is 2.17. The van der Waals surface area contributed by atoms with Crippen LogP contribution in [0.3, 0.4) is 0 Å². The van der Waals surface area contributed by atoms with E-state index in [2.05, 4.69) is 21.6 Å². The first-order valence-electron chi connectivity index (χ1n) is 8.33. The van der Waals surface area contributed by atoms with E-state index in [9.17, 15) is 4.79 Å². The van der Waals surface area contributed by atoms with Gasteiger partial charge in [-0.25, -0.2) is 0 Å². The van der Waals surface area contributed by atoms with Crippen molar-refractivity contribution in [2.24, 2.45) is 0 Å². The Labute approximate surface area is 185 Å². The molecule has 1 amide bonds. The monoisotopic (exact) mass is 464 g/mol. The van der Waals surface area contributed by atoms with Crippen LogP contribution in [-0.2, 0) is 10.5 Å². The summed E-state index contributed by atoms with van der Waals surface area (Å²) in [5, 5.41) is 20.6. The van der Waals surface area contributed by atoms with Crippen LogP contribution in [0, 0.1) is 11.3 Å². The minimum atomic E-state index is -0.801. The summed E-state index contributed by atoms with van der Waals surface area (Å²) in [6.07, 6.45) is -0.801. The lowest BCUT2D eigenvalue weighted by Crippen LogP contribution is -2.30. The number of nitriles is 1. The fourth-order valence-corrected chi connectivity index (χ4v) is 4.21. The Hall–Kier alpha value is -2.31. The number of nitrogens with one attached hydrogen (secondary N) is 1. The third kappa shape index (κ3) is 5.84. The van der Waals surface area contributed by atoms with Crippen molar-refractivity contribution in [3.05, 3.63) is 63.6 Å². The van der Waals surface area contributed by atoms with Crippen molar-refractivity contribution in [2.75, 3.05) is 5.32 Å². The molecular formula is C19H14Cl2N4O2S2. The number of amides is 1. The lowest BCUT2D eigenvalue weighted by molar-refractivity contribution is -0.122. The number of carbonyl (C=O) groups is 1. The lowest BCUT2D eigenvalue weighted by atomic mass is 10.2. The number of halogens is 2. The molecule has 0 fully saturated rings. The van der Waals surface area contributed by atoms with Gasteiger partial charge in [-0.1, -0.05) is 64.5 Å². The van der Waals surface area contributed by atoms with Crippen LogP contribution in [0.5, 0.6) is 5.75 Å². The molecule has 0 spiro atoms. The van der Waals surface area contributed by atoms with Gasteiger partial charge in [-0.2, -0.15) is 5.26 Å². The molecule has 3 rings (SSSR count). The third-order valence-electron chi connectivity index (χ3n) is 3.67. The van der Waals surface area contributed by atoms with Crippen LogP contribution in [0.1, 0.15) is 18.1 Å². The molecule has 29 heavy (non-hydrogen) atoms. The van der Waals surface area contributed by atoms with Gasteiger partial charge in [-0.15, -0.1) is 10.2 Å². The van der Waals surface area contributed by atoms with Gasteiger partial charge in [-0.3, -0.25) is 10.1 Å². The normalized spacial score (nSPS) is 11.5. The molecule has 1 atom stereocenters. The van der Waals surface area contributed by atoms with E-state index in [4.69, 9.17) is 33.2 Å². The summed E-state index contributed by atoms with van der Waals surface area (Å²) < 4.78 is 6.31. The number of anilines is 1. The Balaban J connectivity index is 1.54. The van der Waals surface area contributed by atoms with Crippen LogP contribution >= 0.6 is 46.3 Å². The highest BCUT2D eigenvalue weighted by atomic mass is 35.5. The maximum absolute atomic E-state index is 12.4. The largest absolute Gasteiger partial charge is 0.479 e. The summed E-state index contributed by atoms with van der Waals surface area (Å²) in [5.41, 5.74) is 1.69. The van der Waals surface area contributed by atoms with Gasteiger partial charge in [0.25, 0.3) is 5.91 Å². The Morgan fingerprint density at radius 1 is 1.28 bits per heavy atom. The maximum Gasteiger partial charge on any atom is 0.266 e. The summed E-state index contributed by atoms with van der Waals surface area (Å²) in [5.74, 6) is 0.639. The number of nitrogens with zero attached hydrogens (tertiary/aromatic N) is 3. The number of hydrogen-bond donors (Lipinski definition) is 1. The molecule has 6 nitrogen and oxygen atoms in total. The molecule has 0 aliphatic heterocycles. The summed E-state index contributed by atoms with van der Waals surface area (Å²) in [6.45, 7) is 1.61. The van der Waals surface area contributed by atoms with Crippen molar-refractivity contribution in [1.82, 2.24) is 10.2 Å². The van der Waals surface area contributed by atoms with Gasteiger partial charge in [0.05, 0.1) is 16.7 Å². The number of hydrogen-bond acceptors (Lipinski definition) is 7. The highest BCUT2D eigenvalue weighted by Crippen LogP contribution is 2.32. The quantitative estimate of drug-likeness (QED) is 0.371. The predicted octanol–water partition coefficient (Wildman–Crippen LogP) is 5.41. The minimum absolute atomic E-state index is 0.256. The van der Waals surface area contributed by atoms with Crippen LogP contribution < -0.4 is 10.1 Å². The smallest absolute Gasteiger partial charge is 0.266 e. The van der Waals surface area contributed by atoms with Gasteiger partial charge in [0.2, 0.25) is 5.13 Å². The van der Waals surface area contributed by atoms with E-state index in [1.165, 1.54) is 23.1 Å². The molecule has 3 aromatic rings. The molecule has 0 radical (unpaired) electrons. The molecule has 1 heterocycles. The lowest BCUT2D eigenvalue weighted by Gasteiger charge is -2.14. The zero-order valence-corrected chi connectivity index (χ0v) is 18.2. The van der Waals surface area contributed by atoms with Gasteiger partial charge in [-0.05, 0) is 36.8 Å². The van der Waals surface area contributed by atoms with Crippen molar-refractivity contribution in [1.29, 1.82) is 5.26 Å². The van der Waals surface area contributed by atoms with Gasteiger partial charge >= 0.3 is 0 Å². The van der Waals surface area contributed by atoms with E-state index < -0.39 is 6.10 Å². The van der Waals surface area contributed by atoms with Gasteiger partial charge in [0.1, 0.15) is 10.8 Å². The highest BCUT2D eigenvalue weighted by Gasteiger charge is 2.19. The first kappa shape index (κ1) is 21.4. The minimum Gasteiger partial charge on any atom is -0.479 e. The van der Waals surface area contributed by atoms with E-state index in [0.29, 0.717) is 27.2 Å². The number of aromatic nitrogens is 2. The molecule has 10 heteroatoms. The predicted molar refractivity (Wildman–Crippen MR) is 116 cm³/mol. The molecule has 0 saturated carbocycles. The second-order valence-electron chi connectivity index (χ2n) is 5.77.